The summed E-state index contributed by atoms with van der Waals surface area (Å²) in [6.07, 6.45) is 0.537. The van der Waals surface area contributed by atoms with Gasteiger partial charge in [0.15, 0.2) is 5.78 Å². The molecule has 4 heterocycles. The predicted molar refractivity (Wildman–Crippen MR) is 71.8 cm³/mol. The summed E-state index contributed by atoms with van der Waals surface area (Å²) in [6.45, 7) is 8.45. The second kappa shape index (κ2) is 3.47. The fourth-order valence-corrected chi connectivity index (χ4v) is 5.12. The Morgan fingerprint density at radius 3 is 1.89 bits per heavy atom. The van der Waals surface area contributed by atoms with Gasteiger partial charge >= 0.3 is 0 Å². The van der Waals surface area contributed by atoms with E-state index in [-0.39, 0.29) is 10.8 Å². The molecule has 0 atom stereocenters. The summed E-state index contributed by atoms with van der Waals surface area (Å²) < 4.78 is 0. The number of hydrogen-bond donors (Lipinski definition) is 2. The van der Waals surface area contributed by atoms with Gasteiger partial charge < -0.3 is 0 Å². The Kier molecular flexibility index (Phi) is 2.12. The predicted octanol–water partition coefficient (Wildman–Crippen LogP) is -0.922. The summed E-state index contributed by atoms with van der Waals surface area (Å²) >= 11 is 0. The van der Waals surface area contributed by atoms with Crippen LogP contribution in [0.15, 0.2) is 30.3 Å². The number of hydrogen-bond acceptors (Lipinski definition) is 1. The molecule has 3 heteroatoms. The molecule has 0 radical (unpaired) electrons. The number of ketones is 1. The largest absolute Gasteiger partial charge is 0.297 e. The monoisotopic (exact) mass is 258 g/mol. The molecule has 100 valence electrons. The normalized spacial score (nSPS) is 47.7. The molecular weight excluding hydrogens is 236 g/mol. The van der Waals surface area contributed by atoms with Crippen LogP contribution in [0.2, 0.25) is 0 Å². The number of Topliss-reactive ketones (excluding diaryl/α,β-unsaturated/α-hetero) is 1. The third kappa shape index (κ3) is 1.43. The Labute approximate surface area is 114 Å². The van der Waals surface area contributed by atoms with Crippen LogP contribution >= 0.6 is 0 Å². The van der Waals surface area contributed by atoms with Crippen molar-refractivity contribution in [3.05, 3.63) is 35.9 Å². The molecule has 0 unspecified atom stereocenters. The van der Waals surface area contributed by atoms with Crippen molar-refractivity contribution < 1.29 is 14.6 Å². The third-order valence-corrected chi connectivity index (χ3v) is 5.51. The molecule has 4 aliphatic heterocycles. The molecule has 3 nitrogen and oxygen atoms in total. The van der Waals surface area contributed by atoms with Gasteiger partial charge in [-0.2, -0.15) is 0 Å². The molecular formula is C16H22N2O+2. The van der Waals surface area contributed by atoms with Crippen molar-refractivity contribution in [2.24, 2.45) is 10.8 Å². The molecule has 0 saturated carbocycles. The van der Waals surface area contributed by atoms with Crippen LogP contribution in [0.25, 0.3) is 0 Å². The van der Waals surface area contributed by atoms with Gasteiger partial charge in [0, 0.05) is 0 Å². The van der Waals surface area contributed by atoms with E-state index in [4.69, 9.17) is 0 Å². The van der Waals surface area contributed by atoms with E-state index < -0.39 is 0 Å². The zero-order valence-corrected chi connectivity index (χ0v) is 11.7. The van der Waals surface area contributed by atoms with Gasteiger partial charge in [0.1, 0.15) is 10.8 Å². The Morgan fingerprint density at radius 2 is 1.42 bits per heavy atom. The van der Waals surface area contributed by atoms with Crippen molar-refractivity contribution in [3.63, 3.8) is 0 Å². The van der Waals surface area contributed by atoms with Crippen LogP contribution in [0.5, 0.6) is 0 Å². The standard InChI is InChI=1S/C16H20N2O/c1-15-8-17-10-16(2,14(15)19)11-18(9-15)13(17)12-6-4-3-5-7-12/h3-7,13H,8-11H2,1-2H3/p+2. The molecule has 0 amide bonds. The first-order valence-corrected chi connectivity index (χ1v) is 7.31. The maximum atomic E-state index is 12.6. The van der Waals surface area contributed by atoms with E-state index >= 15 is 0 Å². The van der Waals surface area contributed by atoms with Crippen molar-refractivity contribution in [2.45, 2.75) is 20.0 Å². The average molecular weight is 258 g/mol. The van der Waals surface area contributed by atoms with E-state index in [0.29, 0.717) is 11.9 Å². The lowest BCUT2D eigenvalue weighted by molar-refractivity contribution is -1.18. The molecule has 4 bridgehead atoms. The minimum atomic E-state index is -0.0821. The van der Waals surface area contributed by atoms with Gasteiger partial charge in [0.2, 0.25) is 6.17 Å². The number of benzene rings is 1. The molecule has 0 aromatic heterocycles. The molecule has 4 fully saturated rings. The van der Waals surface area contributed by atoms with E-state index in [9.17, 15) is 4.79 Å². The maximum Gasteiger partial charge on any atom is 0.240 e. The fraction of sp³-hybridized carbons (Fsp3) is 0.562. The molecule has 4 saturated heterocycles. The van der Waals surface area contributed by atoms with Crippen LogP contribution in [-0.4, -0.2) is 32.0 Å². The number of rotatable bonds is 1. The number of piperidine rings is 2. The van der Waals surface area contributed by atoms with Crippen molar-refractivity contribution in [1.82, 2.24) is 0 Å². The van der Waals surface area contributed by atoms with Crippen molar-refractivity contribution >= 4 is 5.78 Å². The van der Waals surface area contributed by atoms with Crippen molar-refractivity contribution in [1.29, 1.82) is 0 Å². The van der Waals surface area contributed by atoms with Crippen LogP contribution in [0.4, 0.5) is 0 Å². The summed E-state index contributed by atoms with van der Waals surface area (Å²) in [4.78, 5) is 15.9. The second-order valence-electron chi connectivity index (χ2n) is 7.32. The maximum absolute atomic E-state index is 12.6. The molecule has 5 rings (SSSR count). The first kappa shape index (κ1) is 11.6. The number of quaternary nitrogens is 2. The van der Waals surface area contributed by atoms with E-state index in [1.165, 1.54) is 5.56 Å². The SMILES string of the molecule is CC12C[NH+]3CC(C)(C[NH+](C1)C3c1ccccc1)C2=O. The van der Waals surface area contributed by atoms with Crippen LogP contribution in [0, 0.1) is 10.8 Å². The van der Waals surface area contributed by atoms with E-state index in [1.807, 2.05) is 0 Å². The molecule has 2 N–H and O–H groups in total. The van der Waals surface area contributed by atoms with Crippen LogP contribution in [-0.2, 0) is 4.79 Å². The van der Waals surface area contributed by atoms with Gasteiger partial charge in [-0.15, -0.1) is 0 Å². The van der Waals surface area contributed by atoms with E-state index in [0.717, 1.165) is 26.2 Å². The zero-order chi connectivity index (χ0) is 13.3. The molecule has 0 spiro atoms. The Bertz CT molecular complexity index is 499. The lowest BCUT2D eigenvalue weighted by Gasteiger charge is -2.58. The van der Waals surface area contributed by atoms with Crippen LogP contribution in [0.3, 0.4) is 0 Å². The highest BCUT2D eigenvalue weighted by Crippen LogP contribution is 2.35. The summed E-state index contributed by atoms with van der Waals surface area (Å²) in [6, 6.07) is 10.9. The molecule has 1 aromatic rings. The molecule has 1 aromatic carbocycles. The quantitative estimate of drug-likeness (QED) is 0.669. The highest BCUT2D eigenvalue weighted by atomic mass is 16.1. The van der Waals surface area contributed by atoms with Gasteiger partial charge in [0.25, 0.3) is 0 Å². The van der Waals surface area contributed by atoms with Gasteiger partial charge in [-0.25, -0.2) is 0 Å². The van der Waals surface area contributed by atoms with Gasteiger partial charge in [-0.1, -0.05) is 18.2 Å². The zero-order valence-electron chi connectivity index (χ0n) is 11.7. The van der Waals surface area contributed by atoms with Crippen LogP contribution in [0.1, 0.15) is 25.6 Å². The minimum absolute atomic E-state index is 0.0821. The van der Waals surface area contributed by atoms with Crippen molar-refractivity contribution in [3.8, 4) is 0 Å². The van der Waals surface area contributed by atoms with Gasteiger partial charge in [0.05, 0.1) is 31.7 Å². The lowest BCUT2D eigenvalue weighted by Crippen LogP contribution is -3.41. The molecule has 19 heavy (non-hydrogen) atoms. The topological polar surface area (TPSA) is 26.0 Å². The smallest absolute Gasteiger partial charge is 0.240 e. The van der Waals surface area contributed by atoms with Crippen LogP contribution < -0.4 is 9.80 Å². The van der Waals surface area contributed by atoms with Crippen molar-refractivity contribution in [2.75, 3.05) is 26.2 Å². The highest BCUT2D eigenvalue weighted by Gasteiger charge is 2.68. The first-order valence-electron chi connectivity index (χ1n) is 7.31. The number of nitrogens with one attached hydrogen (secondary N) is 2. The molecule has 0 aliphatic carbocycles. The Hall–Kier alpha value is -1.19. The van der Waals surface area contributed by atoms with E-state index in [1.54, 1.807) is 9.80 Å². The summed E-state index contributed by atoms with van der Waals surface area (Å²) in [5, 5.41) is 0. The summed E-state index contributed by atoms with van der Waals surface area (Å²) in [5.74, 6) is 0.527. The van der Waals surface area contributed by atoms with E-state index in [2.05, 4.69) is 44.2 Å². The van der Waals surface area contributed by atoms with Gasteiger partial charge in [-0.05, 0) is 26.0 Å². The van der Waals surface area contributed by atoms with Gasteiger partial charge in [-0.3, -0.25) is 14.6 Å². The lowest BCUT2D eigenvalue weighted by atomic mass is 9.62. The Balaban J connectivity index is 1.76. The third-order valence-electron chi connectivity index (χ3n) is 5.51. The minimum Gasteiger partial charge on any atom is -0.297 e. The first-order chi connectivity index (χ1) is 9.02. The molecule has 4 aliphatic rings. The summed E-state index contributed by atoms with van der Waals surface area (Å²) in [5.41, 5.74) is 1.27. The number of carbonyl (C=O) groups excluding carboxylic acids is 1. The summed E-state index contributed by atoms with van der Waals surface area (Å²) in [7, 11) is 0. The average Bonchev–Trinajstić information content (AvgIpc) is 2.36. The number of carbonyl (C=O) groups is 1. The highest BCUT2D eigenvalue weighted by molar-refractivity contribution is 5.91. The fourth-order valence-electron chi connectivity index (χ4n) is 5.12. The second-order valence-corrected chi connectivity index (χ2v) is 7.32. The Morgan fingerprint density at radius 1 is 0.947 bits per heavy atom.